The number of benzene rings is 2. The normalized spacial score (nSPS) is 10.7. The largest absolute Gasteiger partial charge is 0.496 e. The topological polar surface area (TPSA) is 94.8 Å². The number of hydrogen-bond donors (Lipinski definition) is 1. The third kappa shape index (κ3) is 4.94. The van der Waals surface area contributed by atoms with Crippen molar-refractivity contribution >= 4 is 17.7 Å². The number of carbonyl (C=O) groups excluding carboxylic acids is 1. The Bertz CT molecular complexity index is 1190. The summed E-state index contributed by atoms with van der Waals surface area (Å²) in [6.45, 7) is 2.33. The first-order chi connectivity index (χ1) is 15.7. The highest BCUT2D eigenvalue weighted by Gasteiger charge is 2.21. The Kier molecular flexibility index (Phi) is 6.76. The fourth-order valence-corrected chi connectivity index (χ4v) is 3.90. The number of carbonyl (C=O) groups is 1. The summed E-state index contributed by atoms with van der Waals surface area (Å²) in [5, 5.41) is 12.0. The zero-order valence-corrected chi connectivity index (χ0v) is 18.5. The number of nitrogens with one attached hydrogen (secondary N) is 1. The molecule has 0 spiro atoms. The van der Waals surface area contributed by atoms with Crippen molar-refractivity contribution in [2.75, 3.05) is 7.11 Å². The van der Waals surface area contributed by atoms with Crippen LogP contribution < -0.4 is 10.1 Å². The smallest absolute Gasteiger partial charge is 0.274 e. The Labute approximate surface area is 190 Å². The molecule has 1 amide bonds. The molecule has 0 bridgehead atoms. The number of hydrogen-bond acceptors (Lipinski definition) is 7. The van der Waals surface area contributed by atoms with Crippen molar-refractivity contribution in [2.45, 2.75) is 24.4 Å². The molecule has 2 heterocycles. The second-order valence-electron chi connectivity index (χ2n) is 6.95. The van der Waals surface area contributed by atoms with Crippen LogP contribution in [0.2, 0.25) is 0 Å². The van der Waals surface area contributed by atoms with Crippen LogP contribution in [-0.4, -0.2) is 38.0 Å². The minimum absolute atomic E-state index is 0.268. The molecule has 9 heteroatoms. The molecule has 2 aromatic carbocycles. The van der Waals surface area contributed by atoms with Gasteiger partial charge in [0.05, 0.1) is 18.5 Å². The van der Waals surface area contributed by atoms with E-state index in [4.69, 9.17) is 4.74 Å². The Morgan fingerprint density at radius 3 is 2.56 bits per heavy atom. The van der Waals surface area contributed by atoms with Crippen molar-refractivity contribution in [3.8, 4) is 11.4 Å². The number of ether oxygens (including phenoxy) is 1. The number of para-hydroxylation sites is 1. The molecule has 0 aliphatic rings. The van der Waals surface area contributed by atoms with Gasteiger partial charge in [0, 0.05) is 30.3 Å². The number of rotatable bonds is 8. The predicted octanol–water partition coefficient (Wildman–Crippen LogP) is 3.60. The molecule has 0 aliphatic heterocycles. The van der Waals surface area contributed by atoms with E-state index in [9.17, 15) is 4.79 Å². The first-order valence-corrected chi connectivity index (χ1v) is 11.0. The maximum absolute atomic E-state index is 13.0. The van der Waals surface area contributed by atoms with Gasteiger partial charge in [-0.05, 0) is 31.2 Å². The first-order valence-electron chi connectivity index (χ1n) is 9.97. The number of thioether (sulfide) groups is 1. The van der Waals surface area contributed by atoms with Gasteiger partial charge in [-0.1, -0.05) is 52.9 Å². The van der Waals surface area contributed by atoms with E-state index in [1.165, 1.54) is 11.8 Å². The standard InChI is InChI=1S/C23H22N6O2S/c1-16-8-10-18(11-9-16)29-19(15-32-23-24-12-5-13-25-23)21(27-28-29)22(30)26-14-17-6-3-4-7-20(17)31-2/h3-13H,14-15H2,1-2H3,(H,26,30). The van der Waals surface area contributed by atoms with Gasteiger partial charge in [-0.3, -0.25) is 4.79 Å². The van der Waals surface area contributed by atoms with Crippen LogP contribution in [0.1, 0.15) is 27.3 Å². The van der Waals surface area contributed by atoms with Crippen molar-refractivity contribution in [1.29, 1.82) is 0 Å². The summed E-state index contributed by atoms with van der Waals surface area (Å²) < 4.78 is 7.05. The molecule has 0 unspecified atom stereocenters. The Balaban J connectivity index is 1.60. The van der Waals surface area contributed by atoms with E-state index in [0.717, 1.165) is 16.8 Å². The summed E-state index contributed by atoms with van der Waals surface area (Å²) in [4.78, 5) is 21.5. The number of aromatic nitrogens is 5. The molecule has 0 aliphatic carbocycles. The maximum atomic E-state index is 13.0. The molecule has 0 saturated heterocycles. The van der Waals surface area contributed by atoms with Gasteiger partial charge < -0.3 is 10.1 Å². The van der Waals surface area contributed by atoms with Gasteiger partial charge in [-0.25, -0.2) is 14.6 Å². The molecular weight excluding hydrogens is 424 g/mol. The molecule has 4 rings (SSSR count). The lowest BCUT2D eigenvalue weighted by molar-refractivity contribution is 0.0945. The van der Waals surface area contributed by atoms with Crippen LogP contribution in [0.25, 0.3) is 5.69 Å². The minimum Gasteiger partial charge on any atom is -0.496 e. The number of aryl methyl sites for hydroxylation is 1. The van der Waals surface area contributed by atoms with Gasteiger partial charge in [0.15, 0.2) is 10.9 Å². The third-order valence-corrected chi connectivity index (χ3v) is 5.66. The van der Waals surface area contributed by atoms with Gasteiger partial charge in [0.2, 0.25) is 0 Å². The van der Waals surface area contributed by atoms with Crippen LogP contribution in [0.15, 0.2) is 72.1 Å². The summed E-state index contributed by atoms with van der Waals surface area (Å²) >= 11 is 1.42. The summed E-state index contributed by atoms with van der Waals surface area (Å²) in [5.74, 6) is 0.842. The van der Waals surface area contributed by atoms with E-state index in [-0.39, 0.29) is 11.6 Å². The number of nitrogens with zero attached hydrogens (tertiary/aromatic N) is 5. The van der Waals surface area contributed by atoms with Crippen LogP contribution in [0.5, 0.6) is 5.75 Å². The van der Waals surface area contributed by atoms with E-state index in [1.54, 1.807) is 30.3 Å². The van der Waals surface area contributed by atoms with Crippen molar-refractivity contribution in [3.63, 3.8) is 0 Å². The van der Waals surface area contributed by atoms with Crippen LogP contribution in [0.4, 0.5) is 0 Å². The maximum Gasteiger partial charge on any atom is 0.274 e. The van der Waals surface area contributed by atoms with Gasteiger partial charge in [-0.2, -0.15) is 0 Å². The first kappa shape index (κ1) is 21.5. The fraction of sp³-hybridized carbons (Fsp3) is 0.174. The Morgan fingerprint density at radius 2 is 1.81 bits per heavy atom. The zero-order chi connectivity index (χ0) is 22.3. The van der Waals surface area contributed by atoms with Gasteiger partial charge in [0.1, 0.15) is 5.75 Å². The zero-order valence-electron chi connectivity index (χ0n) is 17.7. The summed E-state index contributed by atoms with van der Waals surface area (Å²) in [7, 11) is 1.61. The van der Waals surface area contributed by atoms with Crippen molar-refractivity contribution < 1.29 is 9.53 Å². The van der Waals surface area contributed by atoms with Crippen molar-refractivity contribution in [1.82, 2.24) is 30.3 Å². The lowest BCUT2D eigenvalue weighted by atomic mass is 10.2. The Morgan fingerprint density at radius 1 is 1.06 bits per heavy atom. The molecular formula is C23H22N6O2S. The summed E-state index contributed by atoms with van der Waals surface area (Å²) in [6, 6.07) is 17.2. The average Bonchev–Trinajstić information content (AvgIpc) is 3.26. The minimum atomic E-state index is -0.307. The molecule has 0 atom stereocenters. The molecule has 8 nitrogen and oxygen atoms in total. The highest BCUT2D eigenvalue weighted by Crippen LogP contribution is 2.23. The predicted molar refractivity (Wildman–Crippen MR) is 122 cm³/mol. The summed E-state index contributed by atoms with van der Waals surface area (Å²) in [6.07, 6.45) is 3.37. The molecule has 2 aromatic heterocycles. The molecule has 0 saturated carbocycles. The Hall–Kier alpha value is -3.72. The molecule has 32 heavy (non-hydrogen) atoms. The lowest BCUT2D eigenvalue weighted by Gasteiger charge is -2.10. The van der Waals surface area contributed by atoms with E-state index < -0.39 is 0 Å². The van der Waals surface area contributed by atoms with Crippen molar-refractivity contribution in [2.24, 2.45) is 0 Å². The highest BCUT2D eigenvalue weighted by molar-refractivity contribution is 7.98. The van der Waals surface area contributed by atoms with Crippen LogP contribution in [0, 0.1) is 6.92 Å². The highest BCUT2D eigenvalue weighted by atomic mass is 32.2. The van der Waals surface area contributed by atoms with Crippen molar-refractivity contribution in [3.05, 3.63) is 89.5 Å². The van der Waals surface area contributed by atoms with E-state index in [0.29, 0.717) is 28.9 Å². The molecule has 0 fully saturated rings. The van der Waals surface area contributed by atoms with Crippen LogP contribution in [-0.2, 0) is 12.3 Å². The molecule has 162 valence electrons. The van der Waals surface area contributed by atoms with Gasteiger partial charge in [0.25, 0.3) is 5.91 Å². The number of methoxy groups -OCH3 is 1. The molecule has 4 aromatic rings. The number of amides is 1. The summed E-state index contributed by atoms with van der Waals surface area (Å²) in [5.41, 5.74) is 3.78. The van der Waals surface area contributed by atoms with Crippen LogP contribution >= 0.6 is 11.8 Å². The van der Waals surface area contributed by atoms with E-state index >= 15 is 0 Å². The lowest BCUT2D eigenvalue weighted by Crippen LogP contribution is -2.24. The monoisotopic (exact) mass is 446 g/mol. The third-order valence-electron chi connectivity index (χ3n) is 4.77. The SMILES string of the molecule is COc1ccccc1CNC(=O)c1nnn(-c2ccc(C)cc2)c1CSc1ncccn1. The molecule has 0 radical (unpaired) electrons. The molecule has 1 N–H and O–H groups in total. The van der Waals surface area contributed by atoms with Gasteiger partial charge >= 0.3 is 0 Å². The van der Waals surface area contributed by atoms with Crippen LogP contribution in [0.3, 0.4) is 0 Å². The van der Waals surface area contributed by atoms with E-state index in [2.05, 4.69) is 25.6 Å². The van der Waals surface area contributed by atoms with E-state index in [1.807, 2.05) is 55.5 Å². The second kappa shape index (κ2) is 10.1. The quantitative estimate of drug-likeness (QED) is 0.326. The second-order valence-corrected chi connectivity index (χ2v) is 7.89. The fourth-order valence-electron chi connectivity index (χ4n) is 3.10. The average molecular weight is 447 g/mol. The van der Waals surface area contributed by atoms with Gasteiger partial charge in [-0.15, -0.1) is 5.10 Å².